The van der Waals surface area contributed by atoms with Crippen LogP contribution in [-0.2, 0) is 10.7 Å². The van der Waals surface area contributed by atoms with Gasteiger partial charge in [-0.1, -0.05) is 0 Å². The van der Waals surface area contributed by atoms with Gasteiger partial charge in [-0.15, -0.1) is 0 Å². The summed E-state index contributed by atoms with van der Waals surface area (Å²) in [4.78, 5) is 6.19. The van der Waals surface area contributed by atoms with Crippen LogP contribution in [0.4, 0.5) is 0 Å². The van der Waals surface area contributed by atoms with Gasteiger partial charge in [0.25, 0.3) is 0 Å². The van der Waals surface area contributed by atoms with Gasteiger partial charge < -0.3 is 4.70 Å². The summed E-state index contributed by atoms with van der Waals surface area (Å²) in [6.45, 7) is 0. The molecule has 70 valence electrons. The van der Waals surface area contributed by atoms with Gasteiger partial charge in [-0.3, -0.25) is 0 Å². The van der Waals surface area contributed by atoms with Crippen LogP contribution in [0.5, 0.6) is 0 Å². The standard InChI is InChI=1S/6CN.FH.Fe.Na/c6*1-2;;;/h;;;;;;1H;;/q;;;;;;;;+1/p-1. The summed E-state index contributed by atoms with van der Waals surface area (Å²) in [5.74, 6) is 0. The van der Waals surface area contributed by atoms with E-state index in [9.17, 15) is 0 Å². The number of nitrogens with zero attached hydrogens (tertiary/aromatic N) is 6. The van der Waals surface area contributed by atoms with Gasteiger partial charge in [0.05, 0.1) is 0 Å². The van der Waals surface area contributed by atoms with Crippen LogP contribution in [0.3, 0.4) is 0 Å². The van der Waals surface area contributed by atoms with E-state index in [1.54, 1.807) is 0 Å². The van der Waals surface area contributed by atoms with Crippen molar-refractivity contribution in [2.45, 2.75) is 0 Å². The molecular formula is C6FFeN6Na. The zero-order chi connectivity index (χ0) is 10.7. The molecule has 0 unspecified atom stereocenters. The van der Waals surface area contributed by atoms with Crippen LogP contribution in [-0.4, -0.2) is 0 Å². The van der Waals surface area contributed by atoms with Crippen molar-refractivity contribution in [3.05, 3.63) is 0 Å². The molecule has 0 aromatic carbocycles. The van der Waals surface area contributed by atoms with Gasteiger partial charge in [-0.2, -0.15) is 0 Å². The third kappa shape index (κ3) is 1.66. The van der Waals surface area contributed by atoms with Gasteiger partial charge in [0.2, 0.25) is 0 Å². The third-order valence-corrected chi connectivity index (χ3v) is 4.89. The number of halogens is 1. The van der Waals surface area contributed by atoms with E-state index in [-0.39, 0.29) is 34.3 Å². The summed E-state index contributed by atoms with van der Waals surface area (Å²) in [5, 5.41) is 51.5. The van der Waals surface area contributed by atoms with Crippen molar-refractivity contribution in [2.24, 2.45) is 0 Å². The predicted molar refractivity (Wildman–Crippen MR) is 33.7 cm³/mol. The van der Waals surface area contributed by atoms with Crippen LogP contribution < -0.4 is 34.3 Å². The SMILES string of the molecule is N#[C][Fe]([C]#N)([C]#N)([C]#N)([C]#N)[C]#N.[F-].[Na+]. The third-order valence-electron chi connectivity index (χ3n) is 1.19. The van der Waals surface area contributed by atoms with E-state index in [0.717, 1.165) is 29.8 Å². The average molecular weight is 254 g/mol. The van der Waals surface area contributed by atoms with Crippen LogP contribution in [0.1, 0.15) is 0 Å². The quantitative estimate of drug-likeness (QED) is 0.394. The molecule has 0 aromatic heterocycles. The maximum atomic E-state index is 8.58. The van der Waals surface area contributed by atoms with Gasteiger partial charge in [0, 0.05) is 0 Å². The fraction of sp³-hybridized carbons (Fsp3) is 0. The van der Waals surface area contributed by atoms with Crippen molar-refractivity contribution in [1.29, 1.82) is 31.6 Å². The minimum atomic E-state index is -6.17. The molecular weight excluding hydrogens is 254 g/mol. The van der Waals surface area contributed by atoms with Gasteiger partial charge in [0.1, 0.15) is 0 Å². The largest absolute Gasteiger partial charge is 1.00 e. The normalized spacial score (nSPS) is 11.6. The van der Waals surface area contributed by atoms with Crippen LogP contribution >= 0.6 is 0 Å². The summed E-state index contributed by atoms with van der Waals surface area (Å²) >= 11 is 0. The second-order valence-corrected chi connectivity index (χ2v) is 7.42. The molecule has 0 aromatic rings. The first kappa shape index (κ1) is 19.0. The molecule has 0 saturated heterocycles. The zero-order valence-corrected chi connectivity index (χ0v) is 10.5. The summed E-state index contributed by atoms with van der Waals surface area (Å²) in [5.41, 5.74) is 0. The number of hydrogen-bond donors (Lipinski definition) is 0. The van der Waals surface area contributed by atoms with Crippen molar-refractivity contribution in [2.75, 3.05) is 0 Å². The molecule has 0 rings (SSSR count). The fourth-order valence-corrected chi connectivity index (χ4v) is 1.09. The molecule has 0 heterocycles. The monoisotopic (exact) mass is 254 g/mol. The molecule has 0 radical (unpaired) electrons. The fourth-order valence-electron chi connectivity index (χ4n) is 0.265. The smallest absolute Gasteiger partial charge is 1.00 e. The van der Waals surface area contributed by atoms with Crippen LogP contribution in [0.15, 0.2) is 0 Å². The molecule has 9 heteroatoms. The topological polar surface area (TPSA) is 143 Å². The minimum Gasteiger partial charge on any atom is -1.00 e. The second-order valence-electron chi connectivity index (χ2n) is 1.80. The van der Waals surface area contributed by atoms with Gasteiger partial charge in [-0.25, -0.2) is 0 Å². The summed E-state index contributed by atoms with van der Waals surface area (Å²) in [7, 11) is -6.17. The average Bonchev–Trinajstić information content (AvgIpc) is 2.26. The summed E-state index contributed by atoms with van der Waals surface area (Å²) in [6.07, 6.45) is 0. The van der Waals surface area contributed by atoms with E-state index in [0.29, 0.717) is 0 Å². The Balaban J connectivity index is -0.000000720. The molecule has 0 aliphatic carbocycles. The Morgan fingerprint density at radius 3 is 0.667 bits per heavy atom. The number of hydrogen-bond acceptors (Lipinski definition) is 6. The van der Waals surface area contributed by atoms with E-state index in [2.05, 4.69) is 0 Å². The molecule has 0 bridgehead atoms. The zero-order valence-electron chi connectivity index (χ0n) is 7.41. The maximum absolute atomic E-state index is 8.58. The Labute approximate surface area is 106 Å². The molecule has 15 heavy (non-hydrogen) atoms. The Morgan fingerprint density at radius 2 is 0.667 bits per heavy atom. The van der Waals surface area contributed by atoms with E-state index < -0.39 is 10.7 Å². The molecule has 0 amide bonds. The van der Waals surface area contributed by atoms with E-state index >= 15 is 0 Å². The molecule has 0 spiro atoms. The molecule has 0 N–H and O–H groups in total. The van der Waals surface area contributed by atoms with Crippen LogP contribution in [0.25, 0.3) is 0 Å². The van der Waals surface area contributed by atoms with Crippen LogP contribution in [0, 0.1) is 61.4 Å². The molecule has 0 atom stereocenters. The van der Waals surface area contributed by atoms with Crippen molar-refractivity contribution >= 4 is 0 Å². The molecule has 0 fully saturated rings. The molecule has 0 aliphatic heterocycles. The van der Waals surface area contributed by atoms with Gasteiger partial charge in [-0.05, 0) is 0 Å². The maximum Gasteiger partial charge on any atom is 1.00 e. The van der Waals surface area contributed by atoms with E-state index in [1.165, 1.54) is 0 Å². The predicted octanol–water partition coefficient (Wildman–Crippen LogP) is -5.89. The number of rotatable bonds is 0. The molecule has 0 aliphatic rings. The molecule has 0 saturated carbocycles. The Kier molecular flexibility index (Phi) is 5.43. The Morgan fingerprint density at radius 1 is 0.533 bits per heavy atom. The summed E-state index contributed by atoms with van der Waals surface area (Å²) in [6, 6.07) is 0. The second kappa shape index (κ2) is 4.27. The van der Waals surface area contributed by atoms with Crippen molar-refractivity contribution in [3.63, 3.8) is 0 Å². The first-order chi connectivity index (χ1) is 5.97. The van der Waals surface area contributed by atoms with Gasteiger partial charge in [0.15, 0.2) is 0 Å². The first-order valence-corrected chi connectivity index (χ1v) is 5.71. The van der Waals surface area contributed by atoms with Crippen molar-refractivity contribution in [3.8, 4) is 29.8 Å². The Hall–Kier alpha value is -1.61. The Bertz CT molecular complexity index is 397. The van der Waals surface area contributed by atoms with E-state index in [4.69, 9.17) is 31.6 Å². The van der Waals surface area contributed by atoms with Crippen molar-refractivity contribution < 1.29 is 45.0 Å². The molecule has 6 nitrogen and oxygen atoms in total. The van der Waals surface area contributed by atoms with Gasteiger partial charge >= 0.3 is 102 Å². The van der Waals surface area contributed by atoms with E-state index in [1.807, 2.05) is 0 Å². The summed E-state index contributed by atoms with van der Waals surface area (Å²) < 4.78 is 0. The minimum absolute atomic E-state index is 0. The first-order valence-electron chi connectivity index (χ1n) is 2.40. The van der Waals surface area contributed by atoms with Crippen LogP contribution in [0.2, 0.25) is 0 Å². The number of nitriles is 6. The van der Waals surface area contributed by atoms with Crippen molar-refractivity contribution in [1.82, 2.24) is 0 Å².